The van der Waals surface area contributed by atoms with Crippen molar-refractivity contribution in [3.63, 3.8) is 0 Å². The molecule has 1 nitrogen and oxygen atoms in total. The van der Waals surface area contributed by atoms with E-state index in [0.717, 1.165) is 5.56 Å². The molecule has 0 aromatic heterocycles. The van der Waals surface area contributed by atoms with Crippen LogP contribution in [0.15, 0.2) is 24.3 Å². The Kier molecular flexibility index (Phi) is 3.50. The van der Waals surface area contributed by atoms with Gasteiger partial charge < -0.3 is 5.11 Å². The number of rotatable bonds is 3. The molecule has 0 heterocycles. The lowest BCUT2D eigenvalue weighted by Gasteiger charge is -2.05. The van der Waals surface area contributed by atoms with Crippen LogP contribution in [0.2, 0.25) is 0 Å². The molecule has 3 heteroatoms. The molecule has 66 valence electrons. The number of aliphatic hydroxyl groups excluding tert-OH is 1. The maximum atomic E-state index is 12.0. The summed E-state index contributed by atoms with van der Waals surface area (Å²) in [5.74, 6) is 0.437. The standard InChI is InChI=1S/C9H10ClFO/c10-5-7-1-3-8(4-2-7)9(12)6-11/h1-4,9,12H,5-6H2. The second kappa shape index (κ2) is 4.43. The van der Waals surface area contributed by atoms with Crippen molar-refractivity contribution in [1.82, 2.24) is 0 Å². The Morgan fingerprint density at radius 2 is 1.92 bits per heavy atom. The Morgan fingerprint density at radius 3 is 2.33 bits per heavy atom. The fourth-order valence-electron chi connectivity index (χ4n) is 0.918. The Morgan fingerprint density at radius 1 is 1.33 bits per heavy atom. The van der Waals surface area contributed by atoms with Gasteiger partial charge in [0.15, 0.2) is 0 Å². The highest BCUT2D eigenvalue weighted by Gasteiger charge is 2.05. The molecule has 0 amide bonds. The van der Waals surface area contributed by atoms with E-state index in [-0.39, 0.29) is 0 Å². The predicted molar refractivity (Wildman–Crippen MR) is 46.9 cm³/mol. The van der Waals surface area contributed by atoms with Gasteiger partial charge in [0, 0.05) is 5.88 Å². The van der Waals surface area contributed by atoms with Gasteiger partial charge in [0.25, 0.3) is 0 Å². The smallest absolute Gasteiger partial charge is 0.119 e. The van der Waals surface area contributed by atoms with E-state index in [0.29, 0.717) is 11.4 Å². The highest BCUT2D eigenvalue weighted by atomic mass is 35.5. The van der Waals surface area contributed by atoms with Crippen LogP contribution in [0.25, 0.3) is 0 Å². The summed E-state index contributed by atoms with van der Waals surface area (Å²) in [6.07, 6.45) is -1.01. The SMILES string of the molecule is OC(CF)c1ccc(CCl)cc1. The van der Waals surface area contributed by atoms with Crippen molar-refractivity contribution in [1.29, 1.82) is 0 Å². The molecule has 12 heavy (non-hydrogen) atoms. The van der Waals surface area contributed by atoms with Crippen molar-refractivity contribution in [3.05, 3.63) is 35.4 Å². The van der Waals surface area contributed by atoms with Crippen LogP contribution in [-0.2, 0) is 5.88 Å². The zero-order valence-corrected chi connectivity index (χ0v) is 7.26. The van der Waals surface area contributed by atoms with Crippen molar-refractivity contribution >= 4 is 11.6 Å². The van der Waals surface area contributed by atoms with Crippen LogP contribution >= 0.6 is 11.6 Å². The summed E-state index contributed by atoms with van der Waals surface area (Å²) in [5.41, 5.74) is 1.55. The Hall–Kier alpha value is -0.600. The molecule has 1 unspecified atom stereocenters. The maximum absolute atomic E-state index is 12.0. The Bertz CT molecular complexity index is 235. The number of hydrogen-bond acceptors (Lipinski definition) is 1. The molecule has 0 saturated heterocycles. The quantitative estimate of drug-likeness (QED) is 0.723. The first kappa shape index (κ1) is 9.49. The second-order valence-corrected chi connectivity index (χ2v) is 2.81. The van der Waals surface area contributed by atoms with Gasteiger partial charge >= 0.3 is 0 Å². The second-order valence-electron chi connectivity index (χ2n) is 2.55. The lowest BCUT2D eigenvalue weighted by molar-refractivity contribution is 0.142. The average Bonchev–Trinajstić information content (AvgIpc) is 2.17. The molecule has 0 aliphatic heterocycles. The van der Waals surface area contributed by atoms with Crippen molar-refractivity contribution < 1.29 is 9.50 Å². The normalized spacial score (nSPS) is 12.9. The summed E-state index contributed by atoms with van der Waals surface area (Å²) in [6, 6.07) is 6.92. The summed E-state index contributed by atoms with van der Waals surface area (Å²) in [6.45, 7) is -0.750. The maximum Gasteiger partial charge on any atom is 0.119 e. The minimum atomic E-state index is -1.01. The molecule has 1 aromatic rings. The van der Waals surface area contributed by atoms with E-state index < -0.39 is 12.8 Å². The van der Waals surface area contributed by atoms with E-state index in [4.69, 9.17) is 16.7 Å². The zero-order chi connectivity index (χ0) is 8.97. The van der Waals surface area contributed by atoms with Crippen LogP contribution < -0.4 is 0 Å². The van der Waals surface area contributed by atoms with Crippen molar-refractivity contribution in [2.75, 3.05) is 6.67 Å². The minimum Gasteiger partial charge on any atom is -0.386 e. The third kappa shape index (κ3) is 2.19. The lowest BCUT2D eigenvalue weighted by atomic mass is 10.1. The van der Waals surface area contributed by atoms with Gasteiger partial charge in [-0.3, -0.25) is 0 Å². The predicted octanol–water partition coefficient (Wildman–Crippen LogP) is 2.43. The van der Waals surface area contributed by atoms with Crippen LogP contribution in [0.1, 0.15) is 17.2 Å². The van der Waals surface area contributed by atoms with Crippen LogP contribution in [0.4, 0.5) is 4.39 Å². The van der Waals surface area contributed by atoms with E-state index in [9.17, 15) is 4.39 Å². The third-order valence-electron chi connectivity index (χ3n) is 1.66. The topological polar surface area (TPSA) is 20.2 Å². The highest BCUT2D eigenvalue weighted by molar-refractivity contribution is 6.17. The highest BCUT2D eigenvalue weighted by Crippen LogP contribution is 2.14. The first-order chi connectivity index (χ1) is 5.77. The molecule has 1 atom stereocenters. The van der Waals surface area contributed by atoms with Crippen LogP contribution in [0.5, 0.6) is 0 Å². The minimum absolute atomic E-state index is 0.437. The number of halogens is 2. The molecule has 0 aliphatic carbocycles. The summed E-state index contributed by atoms with van der Waals surface area (Å²) in [4.78, 5) is 0. The fraction of sp³-hybridized carbons (Fsp3) is 0.333. The molecule has 1 aromatic carbocycles. The van der Waals surface area contributed by atoms with Gasteiger partial charge in [-0.15, -0.1) is 11.6 Å². The largest absolute Gasteiger partial charge is 0.386 e. The van der Waals surface area contributed by atoms with E-state index in [1.54, 1.807) is 24.3 Å². The fourth-order valence-corrected chi connectivity index (χ4v) is 1.10. The molecule has 1 rings (SSSR count). The molecule has 0 spiro atoms. The molecule has 1 N–H and O–H groups in total. The first-order valence-electron chi connectivity index (χ1n) is 3.66. The van der Waals surface area contributed by atoms with Crippen LogP contribution in [-0.4, -0.2) is 11.8 Å². The average molecular weight is 189 g/mol. The molecule has 0 saturated carbocycles. The van der Waals surface area contributed by atoms with Gasteiger partial charge in [-0.05, 0) is 11.1 Å². The summed E-state index contributed by atoms with van der Waals surface area (Å²) in [7, 11) is 0. The van der Waals surface area contributed by atoms with Crippen molar-refractivity contribution in [2.24, 2.45) is 0 Å². The van der Waals surface area contributed by atoms with Crippen LogP contribution in [0.3, 0.4) is 0 Å². The number of aliphatic hydroxyl groups is 1. The molecule has 0 bridgehead atoms. The monoisotopic (exact) mass is 188 g/mol. The Balaban J connectivity index is 2.77. The van der Waals surface area contributed by atoms with Crippen molar-refractivity contribution in [2.45, 2.75) is 12.0 Å². The summed E-state index contributed by atoms with van der Waals surface area (Å²) < 4.78 is 12.0. The van der Waals surface area contributed by atoms with Gasteiger partial charge in [-0.1, -0.05) is 24.3 Å². The van der Waals surface area contributed by atoms with Gasteiger partial charge in [-0.2, -0.15) is 0 Å². The van der Waals surface area contributed by atoms with E-state index in [2.05, 4.69) is 0 Å². The van der Waals surface area contributed by atoms with Gasteiger partial charge in [0.2, 0.25) is 0 Å². The summed E-state index contributed by atoms with van der Waals surface area (Å²) in [5, 5.41) is 9.08. The first-order valence-corrected chi connectivity index (χ1v) is 4.20. The lowest BCUT2D eigenvalue weighted by Crippen LogP contribution is -1.98. The van der Waals surface area contributed by atoms with Gasteiger partial charge in [0.1, 0.15) is 12.8 Å². The Labute approximate surface area is 75.8 Å². The number of hydrogen-bond donors (Lipinski definition) is 1. The third-order valence-corrected chi connectivity index (χ3v) is 1.97. The molecule has 0 radical (unpaired) electrons. The van der Waals surface area contributed by atoms with Crippen molar-refractivity contribution in [3.8, 4) is 0 Å². The van der Waals surface area contributed by atoms with E-state index >= 15 is 0 Å². The van der Waals surface area contributed by atoms with E-state index in [1.165, 1.54) is 0 Å². The zero-order valence-electron chi connectivity index (χ0n) is 6.50. The molecular weight excluding hydrogens is 179 g/mol. The van der Waals surface area contributed by atoms with E-state index in [1.807, 2.05) is 0 Å². The molecular formula is C9H10ClFO. The van der Waals surface area contributed by atoms with Gasteiger partial charge in [0.05, 0.1) is 0 Å². The summed E-state index contributed by atoms with van der Waals surface area (Å²) >= 11 is 5.56. The number of benzene rings is 1. The van der Waals surface area contributed by atoms with Gasteiger partial charge in [-0.25, -0.2) is 4.39 Å². The molecule has 0 aliphatic rings. The van der Waals surface area contributed by atoms with Crippen LogP contribution in [0, 0.1) is 0 Å². The number of alkyl halides is 2. The molecule has 0 fully saturated rings.